The minimum atomic E-state index is -0.563. The van der Waals surface area contributed by atoms with Crippen molar-refractivity contribution in [1.82, 2.24) is 14.5 Å². The van der Waals surface area contributed by atoms with Gasteiger partial charge in [-0.2, -0.15) is 0 Å². The molecule has 0 aliphatic heterocycles. The first-order valence-corrected chi connectivity index (χ1v) is 12.2. The second kappa shape index (κ2) is 10.9. The van der Waals surface area contributed by atoms with Gasteiger partial charge in [-0.1, -0.05) is 29.3 Å². The van der Waals surface area contributed by atoms with Crippen LogP contribution >= 0.6 is 11.6 Å². The number of methoxy groups -OCH3 is 2. The van der Waals surface area contributed by atoms with E-state index in [1.807, 2.05) is 45.0 Å². The highest BCUT2D eigenvalue weighted by atomic mass is 35.5. The SMILES string of the molecule is CCN(C(=O)Nc1ccc(OC)cc1OC)C(C)c1nc2cc(Cl)ccc2c(=O)n1-c1ccc(C)cc1. The van der Waals surface area contributed by atoms with Gasteiger partial charge < -0.3 is 19.7 Å². The number of carbonyl (C=O) groups is 1. The zero-order valence-corrected chi connectivity index (χ0v) is 22.2. The molecule has 1 aromatic heterocycles. The molecule has 4 aromatic rings. The predicted octanol–water partition coefficient (Wildman–Crippen LogP) is 5.98. The second-order valence-electron chi connectivity index (χ2n) is 8.57. The third-order valence-corrected chi connectivity index (χ3v) is 6.48. The molecule has 0 saturated heterocycles. The molecule has 0 fully saturated rings. The van der Waals surface area contributed by atoms with Crippen molar-refractivity contribution >= 4 is 34.2 Å². The molecule has 9 heteroatoms. The van der Waals surface area contributed by atoms with Gasteiger partial charge in [-0.25, -0.2) is 9.78 Å². The first-order chi connectivity index (χ1) is 17.8. The molecule has 0 radical (unpaired) electrons. The van der Waals surface area contributed by atoms with E-state index >= 15 is 0 Å². The molecule has 0 saturated carbocycles. The average Bonchev–Trinajstić information content (AvgIpc) is 2.89. The summed E-state index contributed by atoms with van der Waals surface area (Å²) >= 11 is 6.21. The Morgan fingerprint density at radius 1 is 1.08 bits per heavy atom. The van der Waals surface area contributed by atoms with Crippen LogP contribution in [-0.4, -0.2) is 41.2 Å². The first-order valence-electron chi connectivity index (χ1n) is 11.9. The summed E-state index contributed by atoms with van der Waals surface area (Å²) in [5.41, 5.74) is 2.45. The third kappa shape index (κ3) is 5.24. The highest BCUT2D eigenvalue weighted by Gasteiger charge is 2.26. The van der Waals surface area contributed by atoms with Gasteiger partial charge in [-0.15, -0.1) is 0 Å². The molecule has 1 N–H and O–H groups in total. The van der Waals surface area contributed by atoms with Crippen LogP contribution in [0.2, 0.25) is 5.02 Å². The number of aryl methyl sites for hydroxylation is 1. The quantitative estimate of drug-likeness (QED) is 0.324. The van der Waals surface area contributed by atoms with Crippen LogP contribution in [0, 0.1) is 6.92 Å². The zero-order chi connectivity index (χ0) is 26.7. The van der Waals surface area contributed by atoms with Crippen LogP contribution in [0.15, 0.2) is 65.5 Å². The van der Waals surface area contributed by atoms with Gasteiger partial charge in [0.15, 0.2) is 0 Å². The van der Waals surface area contributed by atoms with E-state index in [-0.39, 0.29) is 11.6 Å². The van der Waals surface area contributed by atoms with E-state index in [1.54, 1.807) is 53.0 Å². The van der Waals surface area contributed by atoms with Crippen LogP contribution in [0.4, 0.5) is 10.5 Å². The summed E-state index contributed by atoms with van der Waals surface area (Å²) in [6.45, 7) is 6.06. The Labute approximate surface area is 220 Å². The van der Waals surface area contributed by atoms with E-state index in [0.717, 1.165) is 5.56 Å². The molecule has 0 bridgehead atoms. The number of halogens is 1. The number of ether oxygens (including phenoxy) is 2. The van der Waals surface area contributed by atoms with Gasteiger partial charge >= 0.3 is 6.03 Å². The van der Waals surface area contributed by atoms with Crippen molar-refractivity contribution in [3.05, 3.63) is 87.4 Å². The second-order valence-corrected chi connectivity index (χ2v) is 9.00. The summed E-state index contributed by atoms with van der Waals surface area (Å²) in [6.07, 6.45) is 0. The van der Waals surface area contributed by atoms with Crippen LogP contribution in [0.25, 0.3) is 16.6 Å². The van der Waals surface area contributed by atoms with Crippen molar-refractivity contribution in [3.63, 3.8) is 0 Å². The van der Waals surface area contributed by atoms with Crippen LogP contribution < -0.4 is 20.3 Å². The topological polar surface area (TPSA) is 85.7 Å². The average molecular weight is 521 g/mol. The maximum atomic E-state index is 13.7. The number of hydrogen-bond acceptors (Lipinski definition) is 5. The van der Waals surface area contributed by atoms with Gasteiger partial charge in [0.2, 0.25) is 0 Å². The lowest BCUT2D eigenvalue weighted by Gasteiger charge is -2.30. The number of aromatic nitrogens is 2. The molecule has 192 valence electrons. The summed E-state index contributed by atoms with van der Waals surface area (Å²) in [7, 11) is 3.08. The number of rotatable bonds is 7. The van der Waals surface area contributed by atoms with Crippen molar-refractivity contribution in [2.75, 3.05) is 26.1 Å². The van der Waals surface area contributed by atoms with Gasteiger partial charge in [-0.05, 0) is 63.2 Å². The smallest absolute Gasteiger partial charge is 0.322 e. The number of urea groups is 1. The molecular weight excluding hydrogens is 492 g/mol. The maximum absolute atomic E-state index is 13.7. The summed E-state index contributed by atoms with van der Waals surface area (Å²) in [6, 6.07) is 16.8. The van der Waals surface area contributed by atoms with Crippen molar-refractivity contribution < 1.29 is 14.3 Å². The molecule has 1 heterocycles. The molecule has 0 aliphatic carbocycles. The van der Waals surface area contributed by atoms with Crippen LogP contribution in [0.5, 0.6) is 11.5 Å². The van der Waals surface area contributed by atoms with E-state index in [1.165, 1.54) is 7.11 Å². The van der Waals surface area contributed by atoms with Crippen molar-refractivity contribution in [2.24, 2.45) is 0 Å². The summed E-state index contributed by atoms with van der Waals surface area (Å²) < 4.78 is 12.2. The molecule has 2 amide bonds. The van der Waals surface area contributed by atoms with E-state index < -0.39 is 6.04 Å². The fourth-order valence-electron chi connectivity index (χ4n) is 4.22. The van der Waals surface area contributed by atoms with Crippen molar-refractivity contribution in [2.45, 2.75) is 26.8 Å². The molecule has 0 spiro atoms. The number of carbonyl (C=O) groups excluding carboxylic acids is 1. The molecule has 8 nitrogen and oxygen atoms in total. The Morgan fingerprint density at radius 3 is 2.46 bits per heavy atom. The molecule has 0 aliphatic rings. The fraction of sp³-hybridized carbons (Fsp3) is 0.250. The fourth-order valence-corrected chi connectivity index (χ4v) is 4.39. The van der Waals surface area contributed by atoms with Crippen molar-refractivity contribution in [3.8, 4) is 17.2 Å². The number of amides is 2. The van der Waals surface area contributed by atoms with Gasteiger partial charge in [0, 0.05) is 17.6 Å². The van der Waals surface area contributed by atoms with Crippen molar-refractivity contribution in [1.29, 1.82) is 0 Å². The lowest BCUT2D eigenvalue weighted by atomic mass is 10.1. The number of anilines is 1. The Kier molecular flexibility index (Phi) is 7.69. The molecule has 3 aromatic carbocycles. The van der Waals surface area contributed by atoms with Gasteiger partial charge in [0.25, 0.3) is 5.56 Å². The lowest BCUT2D eigenvalue weighted by Crippen LogP contribution is -2.39. The number of nitrogens with zero attached hydrogens (tertiary/aromatic N) is 3. The molecule has 37 heavy (non-hydrogen) atoms. The lowest BCUT2D eigenvalue weighted by molar-refractivity contribution is 0.193. The predicted molar refractivity (Wildman–Crippen MR) is 146 cm³/mol. The monoisotopic (exact) mass is 520 g/mol. The highest BCUT2D eigenvalue weighted by Crippen LogP contribution is 2.30. The summed E-state index contributed by atoms with van der Waals surface area (Å²) in [4.78, 5) is 33.6. The number of benzene rings is 3. The Hall–Kier alpha value is -4.04. The third-order valence-electron chi connectivity index (χ3n) is 6.24. The van der Waals surface area contributed by atoms with Crippen LogP contribution in [0.1, 0.15) is 31.3 Å². The Bertz CT molecular complexity index is 1500. The maximum Gasteiger partial charge on any atom is 0.322 e. The van der Waals surface area contributed by atoms with Crippen LogP contribution in [0.3, 0.4) is 0 Å². The summed E-state index contributed by atoms with van der Waals surface area (Å²) in [5, 5.41) is 3.83. The largest absolute Gasteiger partial charge is 0.497 e. The van der Waals surface area contributed by atoms with E-state index in [0.29, 0.717) is 51.2 Å². The normalized spacial score (nSPS) is 11.7. The molecule has 1 unspecified atom stereocenters. The summed E-state index contributed by atoms with van der Waals surface area (Å²) in [5.74, 6) is 1.49. The van der Waals surface area contributed by atoms with Gasteiger partial charge in [0.1, 0.15) is 17.3 Å². The minimum Gasteiger partial charge on any atom is -0.497 e. The molecular formula is C28H29ClN4O4. The number of fused-ring (bicyclic) bond motifs is 1. The van der Waals surface area contributed by atoms with E-state index in [4.69, 9.17) is 26.1 Å². The van der Waals surface area contributed by atoms with Gasteiger partial charge in [-0.3, -0.25) is 9.36 Å². The van der Waals surface area contributed by atoms with Crippen LogP contribution in [-0.2, 0) is 0 Å². The standard InChI is InChI=1S/C28H29ClN4O4/c1-6-32(28(35)31-23-14-12-21(36-4)16-25(23)37-5)18(3)26-30-24-15-19(29)9-13-22(24)27(34)33(26)20-10-7-17(2)8-11-20/h7-16,18H,6H2,1-5H3,(H,31,35). The first kappa shape index (κ1) is 26.0. The number of hydrogen-bond donors (Lipinski definition) is 1. The minimum absolute atomic E-state index is 0.236. The Balaban J connectivity index is 1.80. The van der Waals surface area contributed by atoms with E-state index in [2.05, 4.69) is 5.32 Å². The highest BCUT2D eigenvalue weighted by molar-refractivity contribution is 6.31. The zero-order valence-electron chi connectivity index (χ0n) is 21.4. The molecule has 1 atom stereocenters. The van der Waals surface area contributed by atoms with E-state index in [9.17, 15) is 9.59 Å². The molecule has 4 rings (SSSR count). The number of nitrogens with one attached hydrogen (secondary N) is 1. The Morgan fingerprint density at radius 2 is 1.81 bits per heavy atom. The van der Waals surface area contributed by atoms with Gasteiger partial charge in [0.05, 0.1) is 42.5 Å².